The van der Waals surface area contributed by atoms with Gasteiger partial charge in [-0.1, -0.05) is 67.7 Å². The molecule has 2 heteroatoms. The fraction of sp³-hybridized carbons (Fsp3) is 0.474. The van der Waals surface area contributed by atoms with Crippen LogP contribution in [0.3, 0.4) is 0 Å². The van der Waals surface area contributed by atoms with Gasteiger partial charge in [0.15, 0.2) is 0 Å². The molecule has 0 unspecified atom stereocenters. The lowest BCUT2D eigenvalue weighted by atomic mass is 10.2. The van der Waals surface area contributed by atoms with Gasteiger partial charge in [-0.25, -0.2) is 0 Å². The monoisotopic (exact) mass is 306 g/mol. The molecule has 0 amide bonds. The van der Waals surface area contributed by atoms with Crippen molar-refractivity contribution in [3.05, 3.63) is 60.8 Å². The van der Waals surface area contributed by atoms with E-state index in [1.807, 2.05) is 6.26 Å². The first kappa shape index (κ1) is 20.0. The van der Waals surface area contributed by atoms with Gasteiger partial charge in [-0.15, -0.1) is 0 Å². The zero-order valence-corrected chi connectivity index (χ0v) is 14.4. The topological polar surface area (TPSA) is 9.23 Å². The Labute approximate surface area is 135 Å². The van der Waals surface area contributed by atoms with Crippen LogP contribution in [0.2, 0.25) is 0 Å². The third-order valence-corrected chi connectivity index (χ3v) is 3.04. The van der Waals surface area contributed by atoms with Gasteiger partial charge in [0.05, 0.1) is 6.61 Å². The van der Waals surface area contributed by atoms with Gasteiger partial charge in [0.25, 0.3) is 0 Å². The molecule has 0 saturated heterocycles. The van der Waals surface area contributed by atoms with Gasteiger partial charge < -0.3 is 4.18 Å². The Morgan fingerprint density at radius 1 is 0.667 bits per heavy atom. The van der Waals surface area contributed by atoms with Crippen molar-refractivity contribution in [3.63, 3.8) is 0 Å². The summed E-state index contributed by atoms with van der Waals surface area (Å²) in [6, 6.07) is 0. The molecule has 0 fully saturated rings. The predicted molar refractivity (Wildman–Crippen MR) is 98.5 cm³/mol. The molecule has 0 heterocycles. The second-order valence-corrected chi connectivity index (χ2v) is 5.07. The van der Waals surface area contributed by atoms with Gasteiger partial charge in [-0.3, -0.25) is 0 Å². The van der Waals surface area contributed by atoms with Crippen LogP contribution in [-0.2, 0) is 4.18 Å². The summed E-state index contributed by atoms with van der Waals surface area (Å²) in [5.74, 6) is 0. The van der Waals surface area contributed by atoms with E-state index in [2.05, 4.69) is 67.7 Å². The van der Waals surface area contributed by atoms with Crippen LogP contribution >= 0.6 is 12.0 Å². The minimum atomic E-state index is 0.704. The average Bonchev–Trinajstić information content (AvgIpc) is 2.50. The summed E-state index contributed by atoms with van der Waals surface area (Å²) in [5, 5.41) is 0. The van der Waals surface area contributed by atoms with Crippen molar-refractivity contribution in [2.24, 2.45) is 0 Å². The summed E-state index contributed by atoms with van der Waals surface area (Å²) < 4.78 is 5.15. The third kappa shape index (κ3) is 19.0. The summed E-state index contributed by atoms with van der Waals surface area (Å²) in [6.07, 6.45) is 30.4. The number of hydrogen-bond donors (Lipinski definition) is 0. The van der Waals surface area contributed by atoms with E-state index in [0.717, 1.165) is 38.5 Å². The van der Waals surface area contributed by atoms with E-state index in [4.69, 9.17) is 4.18 Å². The lowest BCUT2D eigenvalue weighted by Crippen LogP contribution is -1.77. The van der Waals surface area contributed by atoms with Crippen molar-refractivity contribution < 1.29 is 4.18 Å². The molecule has 0 radical (unpaired) electrons. The Balaban J connectivity index is 3.40. The van der Waals surface area contributed by atoms with E-state index in [-0.39, 0.29) is 0 Å². The van der Waals surface area contributed by atoms with Crippen LogP contribution in [0.5, 0.6) is 0 Å². The minimum Gasteiger partial charge on any atom is -0.312 e. The van der Waals surface area contributed by atoms with Crippen molar-refractivity contribution in [1.82, 2.24) is 0 Å². The SMILES string of the molecule is CC/C=C\C/C=C\C/C=C\C/C=C\CC/C=C/COSC. The second-order valence-electron chi connectivity index (χ2n) is 4.50. The third-order valence-electron chi connectivity index (χ3n) is 2.67. The van der Waals surface area contributed by atoms with E-state index in [0.29, 0.717) is 6.61 Å². The van der Waals surface area contributed by atoms with Gasteiger partial charge in [0.2, 0.25) is 0 Å². The Kier molecular flexibility index (Phi) is 18.1. The number of rotatable bonds is 13. The van der Waals surface area contributed by atoms with Crippen LogP contribution in [0.15, 0.2) is 60.8 Å². The molecule has 1 nitrogen and oxygen atoms in total. The van der Waals surface area contributed by atoms with E-state index >= 15 is 0 Å². The molecule has 0 saturated carbocycles. The van der Waals surface area contributed by atoms with Gasteiger partial charge in [0, 0.05) is 6.26 Å². The lowest BCUT2D eigenvalue weighted by molar-refractivity contribution is 0.431. The molecule has 0 bridgehead atoms. The number of hydrogen-bond acceptors (Lipinski definition) is 2. The maximum Gasteiger partial charge on any atom is 0.0795 e. The largest absolute Gasteiger partial charge is 0.312 e. The summed E-state index contributed by atoms with van der Waals surface area (Å²) in [7, 11) is 0. The molecule has 0 aromatic heterocycles. The molecule has 21 heavy (non-hydrogen) atoms. The fourth-order valence-corrected chi connectivity index (χ4v) is 1.80. The Hall–Kier alpha value is -0.990. The Morgan fingerprint density at radius 2 is 1.14 bits per heavy atom. The quantitative estimate of drug-likeness (QED) is 0.220. The van der Waals surface area contributed by atoms with Crippen LogP contribution in [0.1, 0.15) is 45.4 Å². The first-order valence-corrected chi connectivity index (χ1v) is 8.97. The standard InChI is InChI=1S/C19H30OS/c1-3-4-5-6-7-8-9-10-11-12-13-14-15-16-17-18-19-20-21-2/h4-5,7-8,10-11,13-14,17-18H,3,6,9,12,15-16,19H2,1-2H3/b5-4-,8-7-,11-10-,14-13-,18-17+. The highest BCUT2D eigenvalue weighted by molar-refractivity contribution is 7.93. The van der Waals surface area contributed by atoms with Crippen molar-refractivity contribution in [2.75, 3.05) is 12.9 Å². The summed E-state index contributed by atoms with van der Waals surface area (Å²) >= 11 is 1.41. The number of allylic oxidation sites excluding steroid dienone is 9. The molecule has 0 rings (SSSR count). The van der Waals surface area contributed by atoms with Gasteiger partial charge >= 0.3 is 0 Å². The van der Waals surface area contributed by atoms with Crippen molar-refractivity contribution in [2.45, 2.75) is 45.4 Å². The molecule has 0 spiro atoms. The van der Waals surface area contributed by atoms with E-state index in [1.165, 1.54) is 12.0 Å². The number of unbranched alkanes of at least 4 members (excludes halogenated alkanes) is 1. The van der Waals surface area contributed by atoms with Crippen molar-refractivity contribution in [3.8, 4) is 0 Å². The highest BCUT2D eigenvalue weighted by atomic mass is 32.2. The van der Waals surface area contributed by atoms with Crippen LogP contribution in [0, 0.1) is 0 Å². The van der Waals surface area contributed by atoms with E-state index in [1.54, 1.807) is 0 Å². The second kappa shape index (κ2) is 19.0. The first-order chi connectivity index (χ1) is 10.4. The summed E-state index contributed by atoms with van der Waals surface area (Å²) in [5.41, 5.74) is 0. The van der Waals surface area contributed by atoms with Crippen molar-refractivity contribution in [1.29, 1.82) is 0 Å². The summed E-state index contributed by atoms with van der Waals surface area (Å²) in [4.78, 5) is 0. The minimum absolute atomic E-state index is 0.704. The molecular weight excluding hydrogens is 276 g/mol. The Bertz CT molecular complexity index is 337. The van der Waals surface area contributed by atoms with Crippen LogP contribution in [0.4, 0.5) is 0 Å². The molecular formula is C19H30OS. The van der Waals surface area contributed by atoms with E-state index in [9.17, 15) is 0 Å². The molecule has 118 valence electrons. The molecule has 0 aromatic carbocycles. The maximum atomic E-state index is 5.15. The molecule has 0 aliphatic carbocycles. The van der Waals surface area contributed by atoms with Gasteiger partial charge in [-0.05, 0) is 50.6 Å². The normalized spacial score (nSPS) is 13.0. The Morgan fingerprint density at radius 3 is 1.67 bits per heavy atom. The average molecular weight is 307 g/mol. The zero-order valence-electron chi connectivity index (χ0n) is 13.5. The predicted octanol–water partition coefficient (Wildman–Crippen LogP) is 6.42. The highest BCUT2D eigenvalue weighted by Gasteiger charge is 1.79. The summed E-state index contributed by atoms with van der Waals surface area (Å²) in [6.45, 7) is 2.86. The molecule has 0 N–H and O–H groups in total. The molecule has 0 aromatic rings. The van der Waals surface area contributed by atoms with Crippen molar-refractivity contribution >= 4 is 12.0 Å². The van der Waals surface area contributed by atoms with Gasteiger partial charge in [-0.2, -0.15) is 0 Å². The lowest BCUT2D eigenvalue weighted by Gasteiger charge is -1.91. The van der Waals surface area contributed by atoms with Crippen LogP contribution in [-0.4, -0.2) is 12.9 Å². The smallest absolute Gasteiger partial charge is 0.0795 e. The molecule has 0 aliphatic rings. The van der Waals surface area contributed by atoms with Crippen LogP contribution in [0.25, 0.3) is 0 Å². The van der Waals surface area contributed by atoms with E-state index < -0.39 is 0 Å². The zero-order chi connectivity index (χ0) is 15.4. The maximum absolute atomic E-state index is 5.15. The first-order valence-electron chi connectivity index (χ1n) is 7.82. The van der Waals surface area contributed by atoms with Crippen LogP contribution < -0.4 is 0 Å². The highest BCUT2D eigenvalue weighted by Crippen LogP contribution is 1.98. The molecule has 0 aliphatic heterocycles. The fourth-order valence-electron chi connectivity index (χ4n) is 1.58. The van der Waals surface area contributed by atoms with Gasteiger partial charge in [0.1, 0.15) is 0 Å². The molecule has 0 atom stereocenters.